The SMILES string of the molecule is NC(=O)Oc1cc(-c2ccnc(N)n2)sc1-c1ccccc1. The van der Waals surface area contributed by atoms with E-state index in [1.807, 2.05) is 30.3 Å². The van der Waals surface area contributed by atoms with Gasteiger partial charge in [-0.15, -0.1) is 11.3 Å². The molecule has 0 aliphatic rings. The third-order valence-corrected chi connectivity index (χ3v) is 4.06. The number of nitrogens with two attached hydrogens (primary N) is 2. The Morgan fingerprint density at radius 2 is 1.95 bits per heavy atom. The van der Waals surface area contributed by atoms with Crippen LogP contribution >= 0.6 is 11.3 Å². The average Bonchev–Trinajstić information content (AvgIpc) is 2.91. The molecular weight excluding hydrogens is 300 g/mol. The number of amides is 1. The molecule has 0 fully saturated rings. The predicted octanol–water partition coefficient (Wildman–Crippen LogP) is 2.91. The lowest BCUT2D eigenvalue weighted by molar-refractivity contribution is 0.211. The van der Waals surface area contributed by atoms with Crippen LogP contribution in [-0.2, 0) is 0 Å². The molecule has 0 saturated heterocycles. The van der Waals surface area contributed by atoms with Gasteiger partial charge in [0.15, 0.2) is 5.75 Å². The Balaban J connectivity index is 2.10. The van der Waals surface area contributed by atoms with E-state index in [0.717, 1.165) is 15.3 Å². The van der Waals surface area contributed by atoms with Crippen LogP contribution in [0.25, 0.3) is 21.0 Å². The van der Waals surface area contributed by atoms with E-state index in [-0.39, 0.29) is 5.95 Å². The van der Waals surface area contributed by atoms with Crippen molar-refractivity contribution in [2.24, 2.45) is 5.73 Å². The van der Waals surface area contributed by atoms with Crippen molar-refractivity contribution in [3.8, 4) is 26.8 Å². The minimum Gasteiger partial charge on any atom is -0.409 e. The fraction of sp³-hybridized carbons (Fsp3) is 0. The second-order valence-corrected chi connectivity index (χ2v) is 5.44. The lowest BCUT2D eigenvalue weighted by atomic mass is 10.2. The summed E-state index contributed by atoms with van der Waals surface area (Å²) >= 11 is 1.44. The Morgan fingerprint density at radius 3 is 2.64 bits per heavy atom. The van der Waals surface area contributed by atoms with Crippen molar-refractivity contribution < 1.29 is 9.53 Å². The summed E-state index contributed by atoms with van der Waals surface area (Å²) in [6, 6.07) is 13.1. The number of thiophene rings is 1. The predicted molar refractivity (Wildman–Crippen MR) is 85.4 cm³/mol. The van der Waals surface area contributed by atoms with Gasteiger partial charge in [0.05, 0.1) is 15.4 Å². The molecule has 0 unspecified atom stereocenters. The highest BCUT2D eigenvalue weighted by atomic mass is 32.1. The molecule has 4 N–H and O–H groups in total. The molecule has 1 amide bonds. The van der Waals surface area contributed by atoms with Crippen molar-refractivity contribution in [3.63, 3.8) is 0 Å². The van der Waals surface area contributed by atoms with Crippen LogP contribution in [0.4, 0.5) is 10.7 Å². The van der Waals surface area contributed by atoms with Crippen LogP contribution < -0.4 is 16.2 Å². The topological polar surface area (TPSA) is 104 Å². The molecule has 2 aromatic heterocycles. The zero-order chi connectivity index (χ0) is 15.5. The van der Waals surface area contributed by atoms with E-state index in [1.54, 1.807) is 18.3 Å². The zero-order valence-corrected chi connectivity index (χ0v) is 12.2. The van der Waals surface area contributed by atoms with Gasteiger partial charge in [0.25, 0.3) is 0 Å². The number of nitrogen functional groups attached to an aromatic ring is 1. The summed E-state index contributed by atoms with van der Waals surface area (Å²) in [6.07, 6.45) is 0.720. The molecule has 0 aliphatic carbocycles. The Kier molecular flexibility index (Phi) is 3.71. The molecule has 3 aromatic rings. The molecule has 22 heavy (non-hydrogen) atoms. The molecular formula is C15H12N4O2S. The first-order valence-corrected chi connectivity index (χ1v) is 7.20. The maximum absolute atomic E-state index is 11.1. The first-order valence-electron chi connectivity index (χ1n) is 6.39. The third kappa shape index (κ3) is 2.89. The van der Waals surface area contributed by atoms with E-state index in [0.29, 0.717) is 11.4 Å². The van der Waals surface area contributed by atoms with E-state index in [9.17, 15) is 4.79 Å². The lowest BCUT2D eigenvalue weighted by Crippen LogP contribution is -2.16. The van der Waals surface area contributed by atoms with E-state index < -0.39 is 6.09 Å². The zero-order valence-electron chi connectivity index (χ0n) is 11.4. The minimum atomic E-state index is -0.858. The molecule has 1 aromatic carbocycles. The first kappa shape index (κ1) is 14.0. The normalized spacial score (nSPS) is 10.4. The summed E-state index contributed by atoms with van der Waals surface area (Å²) in [5, 5.41) is 0. The van der Waals surface area contributed by atoms with Crippen molar-refractivity contribution in [2.45, 2.75) is 0 Å². The molecule has 3 rings (SSSR count). The number of hydrogen-bond donors (Lipinski definition) is 2. The van der Waals surface area contributed by atoms with Crippen molar-refractivity contribution >= 4 is 23.4 Å². The summed E-state index contributed by atoms with van der Waals surface area (Å²) in [4.78, 5) is 20.8. The molecule has 0 aliphatic heterocycles. The number of carbonyl (C=O) groups is 1. The van der Waals surface area contributed by atoms with Gasteiger partial charge in [-0.3, -0.25) is 0 Å². The Bertz CT molecular complexity index is 817. The molecule has 0 spiro atoms. The Morgan fingerprint density at radius 1 is 1.18 bits per heavy atom. The molecule has 0 radical (unpaired) electrons. The van der Waals surface area contributed by atoms with Gasteiger partial charge in [-0.1, -0.05) is 30.3 Å². The summed E-state index contributed by atoms with van der Waals surface area (Å²) in [6.45, 7) is 0. The fourth-order valence-electron chi connectivity index (χ4n) is 1.99. The van der Waals surface area contributed by atoms with Gasteiger partial charge in [-0.05, 0) is 11.6 Å². The number of aromatic nitrogens is 2. The van der Waals surface area contributed by atoms with E-state index in [2.05, 4.69) is 9.97 Å². The highest BCUT2D eigenvalue weighted by Crippen LogP contribution is 2.42. The summed E-state index contributed by atoms with van der Waals surface area (Å²) in [5.74, 6) is 0.584. The Labute approximate surface area is 130 Å². The standard InChI is InChI=1S/C15H12N4O2S/c16-14-18-7-6-10(19-14)12-8-11(21-15(17)20)13(22-12)9-4-2-1-3-5-9/h1-8H,(H2,17,20)(H2,16,18,19). The number of primary amides is 1. The van der Waals surface area contributed by atoms with Gasteiger partial charge in [0.1, 0.15) is 0 Å². The number of hydrogen-bond acceptors (Lipinski definition) is 6. The van der Waals surface area contributed by atoms with Gasteiger partial charge in [0, 0.05) is 12.3 Å². The fourth-order valence-corrected chi connectivity index (χ4v) is 3.05. The quantitative estimate of drug-likeness (QED) is 0.773. The smallest absolute Gasteiger partial charge is 0.409 e. The van der Waals surface area contributed by atoms with Crippen molar-refractivity contribution in [2.75, 3.05) is 5.73 Å². The molecule has 7 heteroatoms. The van der Waals surface area contributed by atoms with Crippen LogP contribution in [0.2, 0.25) is 0 Å². The maximum atomic E-state index is 11.1. The highest BCUT2D eigenvalue weighted by molar-refractivity contribution is 7.19. The van der Waals surface area contributed by atoms with Crippen LogP contribution in [0.3, 0.4) is 0 Å². The van der Waals surface area contributed by atoms with Crippen LogP contribution in [0.15, 0.2) is 48.7 Å². The van der Waals surface area contributed by atoms with E-state index in [1.165, 1.54) is 11.3 Å². The summed E-state index contributed by atoms with van der Waals surface area (Å²) in [7, 11) is 0. The van der Waals surface area contributed by atoms with Crippen LogP contribution in [0.5, 0.6) is 5.75 Å². The van der Waals surface area contributed by atoms with Crippen molar-refractivity contribution in [1.29, 1.82) is 0 Å². The molecule has 0 bridgehead atoms. The summed E-state index contributed by atoms with van der Waals surface area (Å²) in [5.41, 5.74) is 12.3. The second-order valence-electron chi connectivity index (χ2n) is 4.39. The monoisotopic (exact) mass is 312 g/mol. The van der Waals surface area contributed by atoms with Crippen LogP contribution in [0, 0.1) is 0 Å². The lowest BCUT2D eigenvalue weighted by Gasteiger charge is -2.02. The number of ether oxygens (including phenoxy) is 1. The molecule has 110 valence electrons. The Hall–Kier alpha value is -2.93. The molecule has 0 atom stereocenters. The van der Waals surface area contributed by atoms with Gasteiger partial charge in [-0.25, -0.2) is 14.8 Å². The highest BCUT2D eigenvalue weighted by Gasteiger charge is 2.16. The van der Waals surface area contributed by atoms with E-state index >= 15 is 0 Å². The third-order valence-electron chi connectivity index (χ3n) is 2.87. The van der Waals surface area contributed by atoms with Gasteiger partial charge < -0.3 is 16.2 Å². The summed E-state index contributed by atoms with van der Waals surface area (Å²) < 4.78 is 5.11. The van der Waals surface area contributed by atoms with Gasteiger partial charge >= 0.3 is 6.09 Å². The molecule has 2 heterocycles. The van der Waals surface area contributed by atoms with Gasteiger partial charge in [0.2, 0.25) is 5.95 Å². The number of benzene rings is 1. The van der Waals surface area contributed by atoms with Crippen LogP contribution in [-0.4, -0.2) is 16.1 Å². The van der Waals surface area contributed by atoms with Crippen molar-refractivity contribution in [3.05, 3.63) is 48.7 Å². The number of carbonyl (C=O) groups excluding carboxylic acids is 1. The second kappa shape index (κ2) is 5.82. The first-order chi connectivity index (χ1) is 10.6. The van der Waals surface area contributed by atoms with Crippen molar-refractivity contribution in [1.82, 2.24) is 9.97 Å². The van der Waals surface area contributed by atoms with E-state index in [4.69, 9.17) is 16.2 Å². The average molecular weight is 312 g/mol. The molecule has 6 nitrogen and oxygen atoms in total. The molecule has 0 saturated carbocycles. The van der Waals surface area contributed by atoms with Gasteiger partial charge in [-0.2, -0.15) is 0 Å². The van der Waals surface area contributed by atoms with Crippen LogP contribution in [0.1, 0.15) is 0 Å². The maximum Gasteiger partial charge on any atom is 0.410 e. The number of anilines is 1. The minimum absolute atomic E-state index is 0.185. The largest absolute Gasteiger partial charge is 0.410 e. The number of nitrogens with zero attached hydrogens (tertiary/aromatic N) is 2. The number of rotatable bonds is 3.